The van der Waals surface area contributed by atoms with Crippen LogP contribution in [0.5, 0.6) is 5.75 Å². The predicted molar refractivity (Wildman–Crippen MR) is 75.2 cm³/mol. The smallest absolute Gasteiger partial charge is 0.118 e. The molecule has 2 aromatic rings. The standard InChI is InChI=1S/C15H19N3O/c1-10-15(11-3-6-13(19-2)7-4-11)17-14-8-5-12(16)9-18(10)14/h3-4,6-7,12H,5,8-9,16H2,1-2H3. The van der Waals surface area contributed by atoms with Crippen molar-refractivity contribution < 1.29 is 4.74 Å². The third kappa shape index (κ3) is 2.12. The molecule has 19 heavy (non-hydrogen) atoms. The van der Waals surface area contributed by atoms with E-state index >= 15 is 0 Å². The summed E-state index contributed by atoms with van der Waals surface area (Å²) in [6.07, 6.45) is 2.00. The van der Waals surface area contributed by atoms with E-state index < -0.39 is 0 Å². The van der Waals surface area contributed by atoms with E-state index in [2.05, 4.69) is 23.6 Å². The number of hydrogen-bond acceptors (Lipinski definition) is 3. The van der Waals surface area contributed by atoms with E-state index in [1.54, 1.807) is 7.11 Å². The van der Waals surface area contributed by atoms with Crippen LogP contribution >= 0.6 is 0 Å². The molecule has 3 rings (SSSR count). The van der Waals surface area contributed by atoms with E-state index in [1.807, 2.05) is 12.1 Å². The lowest BCUT2D eigenvalue weighted by Gasteiger charge is -2.21. The Hall–Kier alpha value is -1.81. The number of ether oxygens (including phenoxy) is 1. The van der Waals surface area contributed by atoms with Gasteiger partial charge in [0.25, 0.3) is 0 Å². The van der Waals surface area contributed by atoms with Gasteiger partial charge >= 0.3 is 0 Å². The summed E-state index contributed by atoms with van der Waals surface area (Å²) in [6, 6.07) is 8.31. The van der Waals surface area contributed by atoms with Gasteiger partial charge in [0.1, 0.15) is 11.6 Å². The molecule has 0 aliphatic carbocycles. The number of hydrogen-bond donors (Lipinski definition) is 1. The Morgan fingerprint density at radius 1 is 1.32 bits per heavy atom. The Kier molecular flexibility index (Phi) is 3.03. The first-order valence-electron chi connectivity index (χ1n) is 6.65. The average molecular weight is 257 g/mol. The number of imidazole rings is 1. The van der Waals surface area contributed by atoms with E-state index in [0.717, 1.165) is 42.2 Å². The van der Waals surface area contributed by atoms with Gasteiger partial charge in [0.05, 0.1) is 12.8 Å². The lowest BCUT2D eigenvalue weighted by molar-refractivity contribution is 0.415. The number of benzene rings is 1. The van der Waals surface area contributed by atoms with Crippen LogP contribution in [-0.4, -0.2) is 22.7 Å². The maximum absolute atomic E-state index is 6.04. The maximum Gasteiger partial charge on any atom is 0.118 e. The second-order valence-corrected chi connectivity index (χ2v) is 5.10. The summed E-state index contributed by atoms with van der Waals surface area (Å²) in [7, 11) is 1.68. The summed E-state index contributed by atoms with van der Waals surface area (Å²) in [6.45, 7) is 3.00. The number of fused-ring (bicyclic) bond motifs is 1. The molecule has 1 unspecified atom stereocenters. The van der Waals surface area contributed by atoms with Gasteiger partial charge in [0.2, 0.25) is 0 Å². The Morgan fingerprint density at radius 2 is 2.05 bits per heavy atom. The highest BCUT2D eigenvalue weighted by atomic mass is 16.5. The summed E-state index contributed by atoms with van der Waals surface area (Å²) >= 11 is 0. The van der Waals surface area contributed by atoms with Crippen molar-refractivity contribution in [3.8, 4) is 17.0 Å². The molecule has 100 valence electrons. The van der Waals surface area contributed by atoms with Gasteiger partial charge in [-0.05, 0) is 37.6 Å². The number of aromatic nitrogens is 2. The molecule has 4 nitrogen and oxygen atoms in total. The minimum absolute atomic E-state index is 0.254. The topological polar surface area (TPSA) is 53.1 Å². The molecule has 1 aliphatic heterocycles. The van der Waals surface area contributed by atoms with E-state index in [0.29, 0.717) is 0 Å². The third-order valence-corrected chi connectivity index (χ3v) is 3.82. The highest BCUT2D eigenvalue weighted by molar-refractivity contribution is 5.63. The molecule has 2 heterocycles. The molecule has 0 amide bonds. The van der Waals surface area contributed by atoms with Crippen LogP contribution in [0.15, 0.2) is 24.3 Å². The normalized spacial score (nSPS) is 18.2. The molecule has 0 radical (unpaired) electrons. The van der Waals surface area contributed by atoms with Crippen LogP contribution in [0.4, 0.5) is 0 Å². The molecular weight excluding hydrogens is 238 g/mol. The fourth-order valence-electron chi connectivity index (χ4n) is 2.69. The largest absolute Gasteiger partial charge is 0.497 e. The SMILES string of the molecule is COc1ccc(-c2nc3n(c2C)CC(N)CC3)cc1. The van der Waals surface area contributed by atoms with Gasteiger partial charge in [-0.1, -0.05) is 0 Å². The number of aryl methyl sites for hydroxylation is 1. The molecule has 0 saturated heterocycles. The molecule has 1 aromatic carbocycles. The van der Waals surface area contributed by atoms with Crippen LogP contribution in [0.2, 0.25) is 0 Å². The van der Waals surface area contributed by atoms with Crippen molar-refractivity contribution in [1.29, 1.82) is 0 Å². The predicted octanol–water partition coefficient (Wildman–Crippen LogP) is 2.14. The Labute approximate surface area is 113 Å². The number of nitrogens with two attached hydrogens (primary N) is 1. The molecule has 1 aromatic heterocycles. The van der Waals surface area contributed by atoms with Gasteiger partial charge < -0.3 is 15.0 Å². The summed E-state index contributed by atoms with van der Waals surface area (Å²) in [5.74, 6) is 2.03. The van der Waals surface area contributed by atoms with Crippen LogP contribution in [0.3, 0.4) is 0 Å². The first-order valence-corrected chi connectivity index (χ1v) is 6.65. The van der Waals surface area contributed by atoms with Gasteiger partial charge in [-0.3, -0.25) is 0 Å². The Bertz CT molecular complexity index is 586. The zero-order chi connectivity index (χ0) is 13.4. The minimum atomic E-state index is 0.254. The van der Waals surface area contributed by atoms with Crippen molar-refractivity contribution >= 4 is 0 Å². The average Bonchev–Trinajstić information content (AvgIpc) is 2.76. The van der Waals surface area contributed by atoms with Crippen LogP contribution in [0, 0.1) is 6.92 Å². The summed E-state index contributed by atoms with van der Waals surface area (Å²) < 4.78 is 7.45. The van der Waals surface area contributed by atoms with Crippen LogP contribution in [-0.2, 0) is 13.0 Å². The zero-order valence-electron chi connectivity index (χ0n) is 11.4. The minimum Gasteiger partial charge on any atom is -0.497 e. The molecule has 0 bridgehead atoms. The number of rotatable bonds is 2. The lowest BCUT2D eigenvalue weighted by atomic mass is 10.1. The highest BCUT2D eigenvalue weighted by Crippen LogP contribution is 2.28. The Balaban J connectivity index is 2.01. The second-order valence-electron chi connectivity index (χ2n) is 5.10. The van der Waals surface area contributed by atoms with Gasteiger partial charge in [-0.2, -0.15) is 0 Å². The van der Waals surface area contributed by atoms with Crippen molar-refractivity contribution in [1.82, 2.24) is 9.55 Å². The van der Waals surface area contributed by atoms with Gasteiger partial charge in [0, 0.05) is 30.3 Å². The van der Waals surface area contributed by atoms with Crippen LogP contribution in [0.1, 0.15) is 17.9 Å². The number of nitrogens with zero attached hydrogens (tertiary/aromatic N) is 2. The van der Waals surface area contributed by atoms with Crippen LogP contribution in [0.25, 0.3) is 11.3 Å². The van der Waals surface area contributed by atoms with E-state index in [1.165, 1.54) is 5.69 Å². The summed E-state index contributed by atoms with van der Waals surface area (Å²) in [5, 5.41) is 0. The highest BCUT2D eigenvalue weighted by Gasteiger charge is 2.21. The quantitative estimate of drug-likeness (QED) is 0.896. The molecule has 4 heteroatoms. The first kappa shape index (κ1) is 12.2. The molecule has 2 N–H and O–H groups in total. The van der Waals surface area contributed by atoms with E-state index in [-0.39, 0.29) is 6.04 Å². The zero-order valence-corrected chi connectivity index (χ0v) is 11.4. The molecule has 0 spiro atoms. The van der Waals surface area contributed by atoms with Crippen molar-refractivity contribution in [2.75, 3.05) is 7.11 Å². The Morgan fingerprint density at radius 3 is 2.74 bits per heavy atom. The monoisotopic (exact) mass is 257 g/mol. The maximum atomic E-state index is 6.04. The lowest BCUT2D eigenvalue weighted by Crippen LogP contribution is -2.32. The van der Waals surface area contributed by atoms with E-state index in [9.17, 15) is 0 Å². The molecule has 0 saturated carbocycles. The number of methoxy groups -OCH3 is 1. The van der Waals surface area contributed by atoms with Crippen molar-refractivity contribution in [2.45, 2.75) is 32.4 Å². The second kappa shape index (κ2) is 4.70. The third-order valence-electron chi connectivity index (χ3n) is 3.82. The summed E-state index contributed by atoms with van der Waals surface area (Å²) in [5.41, 5.74) is 9.44. The van der Waals surface area contributed by atoms with Crippen molar-refractivity contribution in [3.05, 3.63) is 35.8 Å². The molecule has 1 atom stereocenters. The van der Waals surface area contributed by atoms with Gasteiger partial charge in [0.15, 0.2) is 0 Å². The van der Waals surface area contributed by atoms with Crippen molar-refractivity contribution in [2.24, 2.45) is 5.73 Å². The van der Waals surface area contributed by atoms with Crippen LogP contribution < -0.4 is 10.5 Å². The molecule has 1 aliphatic rings. The van der Waals surface area contributed by atoms with Crippen molar-refractivity contribution in [3.63, 3.8) is 0 Å². The fourth-order valence-corrected chi connectivity index (χ4v) is 2.69. The van der Waals surface area contributed by atoms with Gasteiger partial charge in [-0.15, -0.1) is 0 Å². The fraction of sp³-hybridized carbons (Fsp3) is 0.400. The molecule has 0 fully saturated rings. The van der Waals surface area contributed by atoms with Gasteiger partial charge in [-0.25, -0.2) is 4.98 Å². The van der Waals surface area contributed by atoms with E-state index in [4.69, 9.17) is 15.5 Å². The summed E-state index contributed by atoms with van der Waals surface area (Å²) in [4.78, 5) is 4.78. The molecular formula is C15H19N3O. The first-order chi connectivity index (χ1) is 9.19.